The number of hydrogen-bond acceptors (Lipinski definition) is 0. The van der Waals surface area contributed by atoms with Crippen molar-refractivity contribution < 1.29 is 0 Å². The third-order valence-electron chi connectivity index (χ3n) is 10.3. The van der Waals surface area contributed by atoms with Crippen molar-refractivity contribution in [2.24, 2.45) is 0 Å². The lowest BCUT2D eigenvalue weighted by atomic mass is 9.85. The van der Waals surface area contributed by atoms with Gasteiger partial charge in [-0.25, -0.2) is 0 Å². The first-order chi connectivity index (χ1) is 22.2. The van der Waals surface area contributed by atoms with Crippen LogP contribution in [0.15, 0.2) is 133 Å². The molecule has 0 atom stereocenters. The molecule has 45 heavy (non-hydrogen) atoms. The highest BCUT2D eigenvalue weighted by Crippen LogP contribution is 2.48. The summed E-state index contributed by atoms with van der Waals surface area (Å²) in [6.07, 6.45) is 3.00. The molecule has 0 aliphatic heterocycles. The van der Waals surface area contributed by atoms with Crippen LogP contribution in [0.5, 0.6) is 0 Å². The summed E-state index contributed by atoms with van der Waals surface area (Å²) in [5, 5.41) is 10.8. The molecular weight excluding hydrogens is 540 g/mol. The van der Waals surface area contributed by atoms with Gasteiger partial charge in [0.05, 0.1) is 0 Å². The summed E-state index contributed by atoms with van der Waals surface area (Å²) < 4.78 is 0. The van der Waals surface area contributed by atoms with Gasteiger partial charge in [-0.15, -0.1) is 0 Å². The molecule has 214 valence electrons. The van der Waals surface area contributed by atoms with Crippen molar-refractivity contribution in [1.82, 2.24) is 0 Å². The Morgan fingerprint density at radius 1 is 0.400 bits per heavy atom. The molecule has 8 aromatic carbocycles. The summed E-state index contributed by atoms with van der Waals surface area (Å²) in [5.41, 5.74) is 13.8. The molecule has 0 aromatic heterocycles. The quantitative estimate of drug-likeness (QED) is 0.183. The monoisotopic (exact) mass is 574 g/mol. The smallest absolute Gasteiger partial charge is 0.00132 e. The van der Waals surface area contributed by atoms with Crippen molar-refractivity contribution >= 4 is 43.1 Å². The van der Waals surface area contributed by atoms with Crippen LogP contribution in [0.2, 0.25) is 0 Å². The number of benzene rings is 8. The van der Waals surface area contributed by atoms with Gasteiger partial charge in [0.25, 0.3) is 0 Å². The second kappa shape index (κ2) is 10.2. The van der Waals surface area contributed by atoms with Crippen molar-refractivity contribution in [3.63, 3.8) is 0 Å². The lowest BCUT2D eigenvalue weighted by Gasteiger charge is -2.18. The second-order valence-electron chi connectivity index (χ2n) is 12.5. The third kappa shape index (κ3) is 3.85. The predicted molar refractivity (Wildman–Crippen MR) is 194 cm³/mol. The van der Waals surface area contributed by atoms with E-state index in [-0.39, 0.29) is 0 Å². The Bertz CT molecular complexity index is 2420. The van der Waals surface area contributed by atoms with E-state index < -0.39 is 0 Å². The zero-order valence-electron chi connectivity index (χ0n) is 25.8. The molecule has 0 amide bonds. The fourth-order valence-corrected chi connectivity index (χ4v) is 8.32. The SMILES string of the molecule is CCc1c2ccccc2cc2c(-c3cccc4c3-c3cc(-c5c6ccccc6c(CC)c6ccccc56)ccc3C4)cccc12. The standard InChI is InChI=1S/C45H34/c1-3-32-34-15-6-5-13-28(34)26-43-37(32)20-12-21-38(43)41-22-11-14-30-25-29-23-24-31(27-42(29)45(30)41)44-39-18-9-7-16-35(39)33(4-2)36-17-8-10-19-40(36)44/h5-24,26-27H,3-4,25H2,1-2H3. The van der Waals surface area contributed by atoms with E-state index >= 15 is 0 Å². The van der Waals surface area contributed by atoms with E-state index in [0.29, 0.717) is 0 Å². The first kappa shape index (κ1) is 26.2. The van der Waals surface area contributed by atoms with E-state index in [0.717, 1.165) is 19.3 Å². The number of fused-ring (bicyclic) bond motifs is 7. The molecule has 0 radical (unpaired) electrons. The van der Waals surface area contributed by atoms with Gasteiger partial charge in [0.1, 0.15) is 0 Å². The van der Waals surface area contributed by atoms with Crippen LogP contribution < -0.4 is 0 Å². The molecule has 0 nitrogen and oxygen atoms in total. The highest BCUT2D eigenvalue weighted by Gasteiger charge is 2.25. The zero-order chi connectivity index (χ0) is 30.1. The average molecular weight is 575 g/mol. The van der Waals surface area contributed by atoms with E-state index in [9.17, 15) is 0 Å². The molecule has 0 bridgehead atoms. The summed E-state index contributed by atoms with van der Waals surface area (Å²) >= 11 is 0. The topological polar surface area (TPSA) is 0 Å². The van der Waals surface area contributed by atoms with Gasteiger partial charge in [0, 0.05) is 0 Å². The maximum atomic E-state index is 2.49. The van der Waals surface area contributed by atoms with Gasteiger partial charge in [-0.3, -0.25) is 0 Å². The summed E-state index contributed by atoms with van der Waals surface area (Å²) in [5.74, 6) is 0. The van der Waals surface area contributed by atoms with Crippen molar-refractivity contribution in [2.75, 3.05) is 0 Å². The number of rotatable bonds is 4. The average Bonchev–Trinajstić information content (AvgIpc) is 3.47. The maximum Gasteiger partial charge on any atom is -0.00132 e. The van der Waals surface area contributed by atoms with E-state index in [1.54, 1.807) is 0 Å². The lowest BCUT2D eigenvalue weighted by Crippen LogP contribution is -1.93. The molecule has 0 fully saturated rings. The van der Waals surface area contributed by atoms with Crippen LogP contribution in [0, 0.1) is 0 Å². The molecular formula is C45H34. The predicted octanol–water partition coefficient (Wildman–Crippen LogP) is 12.3. The third-order valence-corrected chi connectivity index (χ3v) is 10.3. The summed E-state index contributed by atoms with van der Waals surface area (Å²) in [7, 11) is 0. The first-order valence-corrected chi connectivity index (χ1v) is 16.4. The molecule has 8 aromatic rings. The Morgan fingerprint density at radius 3 is 1.71 bits per heavy atom. The van der Waals surface area contributed by atoms with Crippen molar-refractivity contribution in [2.45, 2.75) is 33.1 Å². The van der Waals surface area contributed by atoms with Crippen LogP contribution in [0.25, 0.3) is 76.5 Å². The minimum absolute atomic E-state index is 0.975. The van der Waals surface area contributed by atoms with Gasteiger partial charge in [-0.05, 0) is 130 Å². The van der Waals surface area contributed by atoms with Crippen molar-refractivity contribution in [3.05, 3.63) is 156 Å². The van der Waals surface area contributed by atoms with E-state index in [2.05, 4.69) is 147 Å². The lowest BCUT2D eigenvalue weighted by molar-refractivity contribution is 1.18. The molecule has 0 unspecified atom stereocenters. The van der Waals surface area contributed by atoms with Crippen LogP contribution >= 0.6 is 0 Å². The Morgan fingerprint density at radius 2 is 0.978 bits per heavy atom. The van der Waals surface area contributed by atoms with Crippen LogP contribution in [0.3, 0.4) is 0 Å². The van der Waals surface area contributed by atoms with Gasteiger partial charge in [-0.1, -0.05) is 135 Å². The Kier molecular flexibility index (Phi) is 5.93. The van der Waals surface area contributed by atoms with Gasteiger partial charge in [0.2, 0.25) is 0 Å². The highest BCUT2D eigenvalue weighted by molar-refractivity contribution is 6.16. The highest BCUT2D eigenvalue weighted by atomic mass is 14.3. The first-order valence-electron chi connectivity index (χ1n) is 16.4. The Balaban J connectivity index is 1.31. The normalized spacial score (nSPS) is 12.3. The van der Waals surface area contributed by atoms with Crippen LogP contribution in [-0.2, 0) is 19.3 Å². The zero-order valence-corrected chi connectivity index (χ0v) is 25.8. The van der Waals surface area contributed by atoms with Gasteiger partial charge >= 0.3 is 0 Å². The summed E-state index contributed by atoms with van der Waals surface area (Å²) in [6, 6.07) is 50.3. The molecule has 0 saturated heterocycles. The fourth-order valence-electron chi connectivity index (χ4n) is 8.32. The second-order valence-corrected chi connectivity index (χ2v) is 12.5. The molecule has 0 saturated carbocycles. The summed E-state index contributed by atoms with van der Waals surface area (Å²) in [6.45, 7) is 4.56. The molecule has 1 aliphatic rings. The van der Waals surface area contributed by atoms with E-state index in [1.165, 1.54) is 98.7 Å². The largest absolute Gasteiger partial charge is 0.0616 e. The van der Waals surface area contributed by atoms with Crippen LogP contribution in [-0.4, -0.2) is 0 Å². The molecule has 0 spiro atoms. The maximum absolute atomic E-state index is 2.49. The molecule has 0 heteroatoms. The van der Waals surface area contributed by atoms with E-state index in [4.69, 9.17) is 0 Å². The minimum Gasteiger partial charge on any atom is -0.0616 e. The van der Waals surface area contributed by atoms with Crippen LogP contribution in [0.1, 0.15) is 36.1 Å². The molecule has 9 rings (SSSR count). The minimum atomic E-state index is 0.975. The van der Waals surface area contributed by atoms with E-state index in [1.807, 2.05) is 0 Å². The number of hydrogen-bond donors (Lipinski definition) is 0. The number of aryl methyl sites for hydroxylation is 2. The van der Waals surface area contributed by atoms with Gasteiger partial charge in [-0.2, -0.15) is 0 Å². The summed E-state index contributed by atoms with van der Waals surface area (Å²) in [4.78, 5) is 0. The van der Waals surface area contributed by atoms with Gasteiger partial charge in [0.15, 0.2) is 0 Å². The molecule has 0 heterocycles. The Hall–Kier alpha value is -5.20. The van der Waals surface area contributed by atoms with Crippen molar-refractivity contribution in [1.29, 1.82) is 0 Å². The molecule has 0 N–H and O–H groups in total. The van der Waals surface area contributed by atoms with Crippen LogP contribution in [0.4, 0.5) is 0 Å². The Labute approximate surface area is 264 Å². The van der Waals surface area contributed by atoms with Crippen molar-refractivity contribution in [3.8, 4) is 33.4 Å². The fraction of sp³-hybridized carbons (Fsp3) is 0.111. The molecule has 1 aliphatic carbocycles. The van der Waals surface area contributed by atoms with Gasteiger partial charge < -0.3 is 0 Å².